The molecule has 1 unspecified atom stereocenters. The molecule has 2 amide bonds. The summed E-state index contributed by atoms with van der Waals surface area (Å²) < 4.78 is 1.00. The van der Waals surface area contributed by atoms with Crippen LogP contribution in [0.15, 0.2) is 59.2 Å². The zero-order valence-electron chi connectivity index (χ0n) is 12.3. The molecule has 4 heteroatoms. The summed E-state index contributed by atoms with van der Waals surface area (Å²) in [5.74, 6) is 0. The van der Waals surface area contributed by atoms with Crippen LogP contribution < -0.4 is 10.2 Å². The van der Waals surface area contributed by atoms with Crippen LogP contribution in [0.3, 0.4) is 0 Å². The van der Waals surface area contributed by atoms with E-state index in [0.29, 0.717) is 0 Å². The molecule has 1 aliphatic rings. The second-order valence-electron chi connectivity index (χ2n) is 5.36. The van der Waals surface area contributed by atoms with Gasteiger partial charge in [0.2, 0.25) is 0 Å². The average Bonchev–Trinajstić information content (AvgIpc) is 2.85. The molecule has 0 radical (unpaired) electrons. The highest BCUT2D eigenvalue weighted by Gasteiger charge is 2.29. The quantitative estimate of drug-likeness (QED) is 0.838. The highest BCUT2D eigenvalue weighted by Crippen LogP contribution is 2.31. The first-order valence-corrected chi connectivity index (χ1v) is 8.05. The Morgan fingerprint density at radius 3 is 2.77 bits per heavy atom. The number of hydrogen-bond donors (Lipinski definition) is 1. The zero-order valence-corrected chi connectivity index (χ0v) is 13.9. The Hall–Kier alpha value is -2.07. The summed E-state index contributed by atoms with van der Waals surface area (Å²) in [6.07, 6.45) is 4.47. The first-order valence-electron chi connectivity index (χ1n) is 7.25. The van der Waals surface area contributed by atoms with Crippen LogP contribution in [0.25, 0.3) is 6.08 Å². The minimum Gasteiger partial charge on any atom is -0.314 e. The predicted molar refractivity (Wildman–Crippen MR) is 93.8 cm³/mol. The van der Waals surface area contributed by atoms with Crippen molar-refractivity contribution in [3.63, 3.8) is 0 Å². The van der Waals surface area contributed by atoms with E-state index in [9.17, 15) is 4.79 Å². The van der Waals surface area contributed by atoms with E-state index in [1.165, 1.54) is 5.56 Å². The lowest BCUT2D eigenvalue weighted by Crippen LogP contribution is -2.41. The monoisotopic (exact) mass is 356 g/mol. The molecule has 0 fully saturated rings. The molecule has 112 valence electrons. The summed E-state index contributed by atoms with van der Waals surface area (Å²) in [6, 6.07) is 16.0. The Kier molecular flexibility index (Phi) is 4.29. The molecule has 2 aromatic rings. The zero-order chi connectivity index (χ0) is 15.5. The number of hydrogen-bond acceptors (Lipinski definition) is 1. The lowest BCUT2D eigenvalue weighted by atomic mass is 10.1. The maximum absolute atomic E-state index is 12.4. The lowest BCUT2D eigenvalue weighted by Gasteiger charge is -2.22. The largest absolute Gasteiger partial charge is 0.326 e. The van der Waals surface area contributed by atoms with Crippen LogP contribution in [0, 0.1) is 0 Å². The molecule has 3 nitrogen and oxygen atoms in total. The van der Waals surface area contributed by atoms with Gasteiger partial charge in [0.1, 0.15) is 0 Å². The Morgan fingerprint density at radius 2 is 1.95 bits per heavy atom. The minimum absolute atomic E-state index is 0.0965. The van der Waals surface area contributed by atoms with Crippen LogP contribution in [0.5, 0.6) is 0 Å². The number of amides is 2. The SMILES string of the molecule is CC1Cc2ccccc2N1C(=O)N/C=C/c1ccccc1Br. The molecule has 2 aromatic carbocycles. The van der Waals surface area contributed by atoms with E-state index in [1.807, 2.05) is 53.4 Å². The molecule has 0 aromatic heterocycles. The van der Waals surface area contributed by atoms with Crippen molar-refractivity contribution in [2.24, 2.45) is 0 Å². The average molecular weight is 357 g/mol. The fourth-order valence-electron chi connectivity index (χ4n) is 2.76. The number of rotatable bonds is 2. The summed E-state index contributed by atoms with van der Waals surface area (Å²) in [7, 11) is 0. The van der Waals surface area contributed by atoms with Crippen molar-refractivity contribution < 1.29 is 4.79 Å². The maximum Gasteiger partial charge on any atom is 0.326 e. The van der Waals surface area contributed by atoms with E-state index in [1.54, 1.807) is 6.20 Å². The Labute approximate surface area is 138 Å². The Bertz CT molecular complexity index is 727. The van der Waals surface area contributed by atoms with Gasteiger partial charge in [-0.15, -0.1) is 0 Å². The third kappa shape index (κ3) is 2.92. The highest BCUT2D eigenvalue weighted by molar-refractivity contribution is 9.10. The summed E-state index contributed by atoms with van der Waals surface area (Å²) in [6.45, 7) is 2.07. The van der Waals surface area contributed by atoms with Gasteiger partial charge in [-0.05, 0) is 42.7 Å². The maximum atomic E-state index is 12.4. The predicted octanol–water partition coefficient (Wildman–Crippen LogP) is 4.58. The molecular formula is C18H17BrN2O. The second kappa shape index (κ2) is 6.36. The number of nitrogens with one attached hydrogen (secondary N) is 1. The Morgan fingerprint density at radius 1 is 1.23 bits per heavy atom. The summed E-state index contributed by atoms with van der Waals surface area (Å²) in [5.41, 5.74) is 3.25. The van der Waals surface area contributed by atoms with Gasteiger partial charge in [-0.1, -0.05) is 52.3 Å². The molecule has 0 bridgehead atoms. The number of para-hydroxylation sites is 1. The molecule has 0 saturated heterocycles. The van der Waals surface area contributed by atoms with Crippen molar-refractivity contribution in [1.29, 1.82) is 0 Å². The van der Waals surface area contributed by atoms with Crippen molar-refractivity contribution >= 4 is 33.7 Å². The fourth-order valence-corrected chi connectivity index (χ4v) is 3.17. The van der Waals surface area contributed by atoms with Gasteiger partial charge in [0.05, 0.1) is 0 Å². The van der Waals surface area contributed by atoms with E-state index in [2.05, 4.69) is 34.2 Å². The molecule has 1 aliphatic heterocycles. The smallest absolute Gasteiger partial charge is 0.314 e. The van der Waals surface area contributed by atoms with Gasteiger partial charge in [-0.3, -0.25) is 4.90 Å². The molecule has 0 spiro atoms. The molecule has 0 aliphatic carbocycles. The van der Waals surface area contributed by atoms with Crippen LogP contribution in [-0.4, -0.2) is 12.1 Å². The number of carbonyl (C=O) groups excluding carboxylic acids is 1. The van der Waals surface area contributed by atoms with Crippen molar-refractivity contribution in [2.45, 2.75) is 19.4 Å². The van der Waals surface area contributed by atoms with Gasteiger partial charge in [0.15, 0.2) is 0 Å². The van der Waals surface area contributed by atoms with E-state index < -0.39 is 0 Å². The molecule has 1 heterocycles. The van der Waals surface area contributed by atoms with E-state index in [-0.39, 0.29) is 12.1 Å². The van der Waals surface area contributed by atoms with Crippen molar-refractivity contribution in [3.8, 4) is 0 Å². The lowest BCUT2D eigenvalue weighted by molar-refractivity contribution is 0.248. The van der Waals surface area contributed by atoms with Gasteiger partial charge < -0.3 is 5.32 Å². The standard InChI is InChI=1S/C18H17BrN2O/c1-13-12-15-7-3-5-9-17(15)21(13)18(22)20-11-10-14-6-2-4-8-16(14)19/h2-11,13H,12H2,1H3,(H,20,22)/b11-10+. The van der Waals surface area contributed by atoms with E-state index in [0.717, 1.165) is 22.1 Å². The van der Waals surface area contributed by atoms with Crippen LogP contribution in [0.1, 0.15) is 18.1 Å². The van der Waals surface area contributed by atoms with Gasteiger partial charge >= 0.3 is 6.03 Å². The van der Waals surface area contributed by atoms with E-state index in [4.69, 9.17) is 0 Å². The van der Waals surface area contributed by atoms with Crippen molar-refractivity contribution in [2.75, 3.05) is 4.90 Å². The third-order valence-corrected chi connectivity index (χ3v) is 4.52. The van der Waals surface area contributed by atoms with Crippen LogP contribution in [-0.2, 0) is 6.42 Å². The summed E-state index contributed by atoms with van der Waals surface area (Å²) in [4.78, 5) is 14.3. The minimum atomic E-state index is -0.0965. The van der Waals surface area contributed by atoms with Gasteiger partial charge in [0, 0.05) is 22.4 Å². The molecule has 0 saturated carbocycles. The first kappa shape index (κ1) is 14.9. The van der Waals surface area contributed by atoms with Crippen LogP contribution in [0.4, 0.5) is 10.5 Å². The summed E-state index contributed by atoms with van der Waals surface area (Å²) in [5, 5.41) is 2.86. The van der Waals surface area contributed by atoms with Crippen LogP contribution in [0.2, 0.25) is 0 Å². The first-order chi connectivity index (χ1) is 10.7. The summed E-state index contributed by atoms with van der Waals surface area (Å²) >= 11 is 3.49. The van der Waals surface area contributed by atoms with Gasteiger partial charge in [-0.2, -0.15) is 0 Å². The third-order valence-electron chi connectivity index (χ3n) is 3.80. The van der Waals surface area contributed by atoms with Crippen molar-refractivity contribution in [3.05, 3.63) is 70.3 Å². The number of halogens is 1. The van der Waals surface area contributed by atoms with Gasteiger partial charge in [0.25, 0.3) is 0 Å². The topological polar surface area (TPSA) is 32.3 Å². The number of carbonyl (C=O) groups is 1. The molecule has 1 atom stereocenters. The van der Waals surface area contributed by atoms with Crippen LogP contribution >= 0.6 is 15.9 Å². The van der Waals surface area contributed by atoms with E-state index >= 15 is 0 Å². The number of nitrogens with zero attached hydrogens (tertiary/aromatic N) is 1. The molecule has 22 heavy (non-hydrogen) atoms. The Balaban J connectivity index is 1.72. The molecular weight excluding hydrogens is 340 g/mol. The number of anilines is 1. The normalized spacial score (nSPS) is 16.8. The van der Waals surface area contributed by atoms with Crippen molar-refractivity contribution in [1.82, 2.24) is 5.32 Å². The number of fused-ring (bicyclic) bond motifs is 1. The second-order valence-corrected chi connectivity index (χ2v) is 6.21. The highest BCUT2D eigenvalue weighted by atomic mass is 79.9. The molecule has 1 N–H and O–H groups in total. The molecule has 3 rings (SSSR count). The number of urea groups is 1. The number of benzene rings is 2. The van der Waals surface area contributed by atoms with Gasteiger partial charge in [-0.25, -0.2) is 4.79 Å². The fraction of sp³-hybridized carbons (Fsp3) is 0.167.